The van der Waals surface area contributed by atoms with Crippen LogP contribution in [-0.2, 0) is 22.6 Å². The van der Waals surface area contributed by atoms with Crippen LogP contribution in [0.1, 0.15) is 45.0 Å². The van der Waals surface area contributed by atoms with Gasteiger partial charge in [0.05, 0.1) is 5.92 Å². The van der Waals surface area contributed by atoms with E-state index in [1.54, 1.807) is 0 Å². The third-order valence-electron chi connectivity index (χ3n) is 4.73. The number of allylic oxidation sites excluding steroid dienone is 2. The van der Waals surface area contributed by atoms with Crippen molar-refractivity contribution in [3.05, 3.63) is 59.3 Å². The van der Waals surface area contributed by atoms with Gasteiger partial charge >= 0.3 is 5.97 Å². The summed E-state index contributed by atoms with van der Waals surface area (Å²) in [4.78, 5) is 16.6. The molecule has 2 atom stereocenters. The van der Waals surface area contributed by atoms with Gasteiger partial charge in [0, 0.05) is 6.42 Å². The molecule has 1 heterocycles. The van der Waals surface area contributed by atoms with Gasteiger partial charge in [-0.2, -0.15) is 4.98 Å². The maximum atomic E-state index is 12.3. The summed E-state index contributed by atoms with van der Waals surface area (Å²) in [7, 11) is 0. The summed E-state index contributed by atoms with van der Waals surface area (Å²) in [6.07, 6.45) is 2.74. The van der Waals surface area contributed by atoms with Crippen molar-refractivity contribution in [1.82, 2.24) is 10.1 Å². The van der Waals surface area contributed by atoms with Crippen molar-refractivity contribution in [1.29, 1.82) is 0 Å². The topological polar surface area (TPSA) is 65.2 Å². The Kier molecular flexibility index (Phi) is 4.75. The fourth-order valence-electron chi connectivity index (χ4n) is 3.22. The molecule has 0 radical (unpaired) electrons. The van der Waals surface area contributed by atoms with E-state index in [0.717, 1.165) is 5.56 Å². The van der Waals surface area contributed by atoms with E-state index >= 15 is 0 Å². The number of nitrogens with zero attached hydrogens (tertiary/aromatic N) is 2. The zero-order valence-electron chi connectivity index (χ0n) is 15.2. The zero-order valence-corrected chi connectivity index (χ0v) is 15.2. The lowest BCUT2D eigenvalue weighted by atomic mass is 10.1. The molecule has 0 bridgehead atoms. The van der Waals surface area contributed by atoms with E-state index < -0.39 is 0 Å². The van der Waals surface area contributed by atoms with E-state index in [0.29, 0.717) is 18.1 Å². The van der Waals surface area contributed by atoms with Gasteiger partial charge in [0.2, 0.25) is 0 Å². The molecule has 1 aliphatic rings. The van der Waals surface area contributed by atoms with Crippen LogP contribution in [-0.4, -0.2) is 16.1 Å². The van der Waals surface area contributed by atoms with Crippen LogP contribution in [0, 0.1) is 17.3 Å². The minimum Gasteiger partial charge on any atom is -0.455 e. The summed E-state index contributed by atoms with van der Waals surface area (Å²) >= 11 is 0. The van der Waals surface area contributed by atoms with Crippen LogP contribution in [0.3, 0.4) is 0 Å². The molecule has 0 saturated heterocycles. The highest BCUT2D eigenvalue weighted by Crippen LogP contribution is 2.59. The number of aromatic nitrogens is 2. The van der Waals surface area contributed by atoms with Gasteiger partial charge in [0.25, 0.3) is 5.89 Å². The molecule has 2 unspecified atom stereocenters. The Hall–Kier alpha value is -2.43. The first-order valence-corrected chi connectivity index (χ1v) is 8.55. The van der Waals surface area contributed by atoms with Crippen molar-refractivity contribution in [3.8, 4) is 0 Å². The summed E-state index contributed by atoms with van der Waals surface area (Å²) in [5.74, 6) is 0.855. The van der Waals surface area contributed by atoms with Crippen LogP contribution in [0.2, 0.25) is 0 Å². The summed E-state index contributed by atoms with van der Waals surface area (Å²) in [6.45, 7) is 8.29. The van der Waals surface area contributed by atoms with Crippen LogP contribution in [0.15, 0.2) is 46.5 Å². The van der Waals surface area contributed by atoms with E-state index in [2.05, 4.69) is 30.1 Å². The molecule has 1 aliphatic carbocycles. The average Bonchev–Trinajstić information content (AvgIpc) is 2.90. The molecule has 0 spiro atoms. The standard InChI is InChI=1S/C20H24N2O3/c1-13(2)10-15-18(20(15,3)4)19(23)24-12-17-21-16(22-25-17)11-14-8-6-5-7-9-14/h5-10,15,18H,11-12H2,1-4H3. The average molecular weight is 340 g/mol. The van der Waals surface area contributed by atoms with Crippen LogP contribution in [0.4, 0.5) is 0 Å². The number of hydrogen-bond donors (Lipinski definition) is 0. The maximum absolute atomic E-state index is 12.3. The largest absolute Gasteiger partial charge is 0.455 e. The van der Waals surface area contributed by atoms with E-state index in [-0.39, 0.29) is 29.8 Å². The van der Waals surface area contributed by atoms with E-state index in [1.165, 1.54) is 5.57 Å². The molecule has 5 nitrogen and oxygen atoms in total. The number of benzene rings is 1. The van der Waals surface area contributed by atoms with Crippen molar-refractivity contribution in [2.75, 3.05) is 0 Å². The number of hydrogen-bond acceptors (Lipinski definition) is 5. The predicted molar refractivity (Wildman–Crippen MR) is 93.5 cm³/mol. The second-order valence-electron chi connectivity index (χ2n) is 7.44. The molecule has 1 fully saturated rings. The van der Waals surface area contributed by atoms with Gasteiger partial charge in [-0.1, -0.05) is 61.0 Å². The molecule has 2 aromatic rings. The van der Waals surface area contributed by atoms with Crippen molar-refractivity contribution >= 4 is 5.97 Å². The molecule has 1 aromatic carbocycles. The molecule has 1 saturated carbocycles. The van der Waals surface area contributed by atoms with E-state index in [4.69, 9.17) is 9.26 Å². The fourth-order valence-corrected chi connectivity index (χ4v) is 3.22. The Labute approximate surface area is 148 Å². The normalized spacial score (nSPS) is 20.8. The predicted octanol–water partition coefficient (Wildman–Crippen LogP) is 3.94. The van der Waals surface area contributed by atoms with Gasteiger partial charge in [-0.3, -0.25) is 4.79 Å². The lowest BCUT2D eigenvalue weighted by Crippen LogP contribution is -2.10. The van der Waals surface area contributed by atoms with Gasteiger partial charge in [-0.15, -0.1) is 0 Å². The quantitative estimate of drug-likeness (QED) is 0.588. The molecule has 132 valence electrons. The number of carbonyl (C=O) groups is 1. The van der Waals surface area contributed by atoms with Crippen molar-refractivity contribution in [2.24, 2.45) is 17.3 Å². The molecule has 3 rings (SSSR count). The third-order valence-corrected chi connectivity index (χ3v) is 4.73. The Morgan fingerprint density at radius 1 is 1.28 bits per heavy atom. The van der Waals surface area contributed by atoms with Gasteiger partial charge in [0.1, 0.15) is 0 Å². The Balaban J connectivity index is 1.54. The second kappa shape index (κ2) is 6.82. The lowest BCUT2D eigenvalue weighted by Gasteiger charge is -2.02. The smallest absolute Gasteiger partial charge is 0.310 e. The van der Waals surface area contributed by atoms with Crippen LogP contribution >= 0.6 is 0 Å². The summed E-state index contributed by atoms with van der Waals surface area (Å²) in [6, 6.07) is 9.92. The van der Waals surface area contributed by atoms with Crippen molar-refractivity contribution in [2.45, 2.75) is 40.7 Å². The second-order valence-corrected chi connectivity index (χ2v) is 7.44. The molecule has 25 heavy (non-hydrogen) atoms. The first-order valence-electron chi connectivity index (χ1n) is 8.55. The Morgan fingerprint density at radius 3 is 2.68 bits per heavy atom. The van der Waals surface area contributed by atoms with Gasteiger partial charge < -0.3 is 9.26 Å². The monoisotopic (exact) mass is 340 g/mol. The van der Waals surface area contributed by atoms with Crippen molar-refractivity contribution < 1.29 is 14.1 Å². The summed E-state index contributed by atoms with van der Waals surface area (Å²) in [5.41, 5.74) is 2.27. The molecular weight excluding hydrogens is 316 g/mol. The first-order chi connectivity index (χ1) is 11.9. The molecule has 0 N–H and O–H groups in total. The van der Waals surface area contributed by atoms with Crippen LogP contribution < -0.4 is 0 Å². The summed E-state index contributed by atoms with van der Waals surface area (Å²) in [5, 5.41) is 3.95. The molecule has 0 amide bonds. The van der Waals surface area contributed by atoms with Gasteiger partial charge in [0.15, 0.2) is 12.4 Å². The summed E-state index contributed by atoms with van der Waals surface area (Å²) < 4.78 is 10.6. The molecule has 0 aliphatic heterocycles. The van der Waals surface area contributed by atoms with Gasteiger partial charge in [-0.25, -0.2) is 0 Å². The Morgan fingerprint density at radius 2 is 2.00 bits per heavy atom. The SMILES string of the molecule is CC(C)=CC1C(C(=O)OCc2nc(Cc3ccccc3)no2)C1(C)C. The van der Waals surface area contributed by atoms with E-state index in [9.17, 15) is 4.79 Å². The molecule has 1 aromatic heterocycles. The molecule has 5 heteroatoms. The third kappa shape index (κ3) is 3.98. The first kappa shape index (κ1) is 17.4. The highest BCUT2D eigenvalue weighted by molar-refractivity contribution is 5.78. The van der Waals surface area contributed by atoms with Crippen LogP contribution in [0.25, 0.3) is 0 Å². The molecular formula is C20H24N2O3. The van der Waals surface area contributed by atoms with Gasteiger partial charge in [-0.05, 0) is 30.7 Å². The number of ether oxygens (including phenoxy) is 1. The number of rotatable bonds is 6. The minimum atomic E-state index is -0.199. The zero-order chi connectivity index (χ0) is 18.0. The lowest BCUT2D eigenvalue weighted by molar-refractivity contribution is -0.148. The van der Waals surface area contributed by atoms with Crippen molar-refractivity contribution in [3.63, 3.8) is 0 Å². The number of carbonyl (C=O) groups excluding carboxylic acids is 1. The van der Waals surface area contributed by atoms with Crippen LogP contribution in [0.5, 0.6) is 0 Å². The number of esters is 1. The Bertz CT molecular complexity index is 773. The van der Waals surface area contributed by atoms with E-state index in [1.807, 2.05) is 44.2 Å². The highest BCUT2D eigenvalue weighted by Gasteiger charge is 2.61. The highest BCUT2D eigenvalue weighted by atomic mass is 16.6. The minimum absolute atomic E-state index is 0.0226. The fraction of sp³-hybridized carbons (Fsp3) is 0.450. The maximum Gasteiger partial charge on any atom is 0.310 e.